The molecular formula is C22H25NO6S. The van der Waals surface area contributed by atoms with E-state index in [1.54, 1.807) is 12.1 Å². The fraction of sp³-hybridized carbons (Fsp3) is 0.364. The van der Waals surface area contributed by atoms with Crippen molar-refractivity contribution in [2.24, 2.45) is 0 Å². The maximum Gasteiger partial charge on any atom is 0.338 e. The fourth-order valence-corrected chi connectivity index (χ4v) is 4.98. The molecule has 0 spiro atoms. The lowest BCUT2D eigenvalue weighted by Crippen LogP contribution is -2.28. The van der Waals surface area contributed by atoms with Crippen molar-refractivity contribution in [2.75, 3.05) is 26.8 Å². The summed E-state index contributed by atoms with van der Waals surface area (Å²) in [5, 5.41) is 0. The normalized spacial score (nSPS) is 14.5. The monoisotopic (exact) mass is 431 g/mol. The number of aryl methyl sites for hydroxylation is 2. The molecule has 1 saturated heterocycles. The van der Waals surface area contributed by atoms with Crippen LogP contribution in [0.25, 0.3) is 0 Å². The van der Waals surface area contributed by atoms with Crippen molar-refractivity contribution < 1.29 is 27.5 Å². The summed E-state index contributed by atoms with van der Waals surface area (Å²) < 4.78 is 37.6. The van der Waals surface area contributed by atoms with Gasteiger partial charge in [0.05, 0.1) is 12.7 Å². The van der Waals surface area contributed by atoms with Crippen molar-refractivity contribution in [3.05, 3.63) is 58.7 Å². The second-order valence-corrected chi connectivity index (χ2v) is 9.18. The maximum atomic E-state index is 12.9. The topological polar surface area (TPSA) is 90.0 Å². The Morgan fingerprint density at radius 1 is 0.967 bits per heavy atom. The van der Waals surface area contributed by atoms with E-state index in [9.17, 15) is 18.0 Å². The number of hydrogen-bond donors (Lipinski definition) is 0. The van der Waals surface area contributed by atoms with Crippen molar-refractivity contribution in [1.82, 2.24) is 4.31 Å². The Balaban J connectivity index is 1.77. The van der Waals surface area contributed by atoms with Gasteiger partial charge < -0.3 is 9.47 Å². The molecule has 0 atom stereocenters. The maximum absolute atomic E-state index is 12.9. The van der Waals surface area contributed by atoms with E-state index in [1.807, 2.05) is 19.9 Å². The summed E-state index contributed by atoms with van der Waals surface area (Å²) in [6, 6.07) is 9.36. The Hall–Kier alpha value is -2.71. The number of benzene rings is 2. The van der Waals surface area contributed by atoms with Crippen molar-refractivity contribution >= 4 is 21.8 Å². The summed E-state index contributed by atoms with van der Waals surface area (Å²) in [5.41, 5.74) is 2.53. The third kappa shape index (κ3) is 4.55. The lowest BCUT2D eigenvalue weighted by atomic mass is 10.0. The van der Waals surface area contributed by atoms with Crippen LogP contribution in [0.5, 0.6) is 5.75 Å². The number of Topliss-reactive ketones (excluding diaryl/α,β-unsaturated/α-hetero) is 1. The number of hydrogen-bond acceptors (Lipinski definition) is 6. The Morgan fingerprint density at radius 3 is 2.27 bits per heavy atom. The average Bonchev–Trinajstić information content (AvgIpc) is 3.29. The quantitative estimate of drug-likeness (QED) is 0.494. The molecule has 0 amide bonds. The molecule has 0 aliphatic carbocycles. The number of carbonyl (C=O) groups is 2. The predicted octanol–water partition coefficient (Wildman–Crippen LogP) is 3.14. The first-order chi connectivity index (χ1) is 14.2. The molecule has 0 bridgehead atoms. The van der Waals surface area contributed by atoms with Gasteiger partial charge in [-0.2, -0.15) is 4.31 Å². The molecule has 0 saturated carbocycles. The van der Waals surface area contributed by atoms with E-state index in [0.29, 0.717) is 18.7 Å². The Labute approximate surface area is 176 Å². The SMILES string of the molecule is COc1ccc(C(=O)OCC(=O)c2ccc(C)c(C)c2)cc1S(=O)(=O)N1CCCC1. The highest BCUT2D eigenvalue weighted by atomic mass is 32.2. The zero-order valence-electron chi connectivity index (χ0n) is 17.3. The predicted molar refractivity (Wildman–Crippen MR) is 112 cm³/mol. The van der Waals surface area contributed by atoms with E-state index >= 15 is 0 Å². The first-order valence-electron chi connectivity index (χ1n) is 9.70. The molecule has 0 radical (unpaired) electrons. The lowest BCUT2D eigenvalue weighted by Gasteiger charge is -2.18. The molecule has 1 aliphatic rings. The molecule has 7 nitrogen and oxygen atoms in total. The van der Waals surface area contributed by atoms with E-state index < -0.39 is 22.6 Å². The molecule has 160 valence electrons. The van der Waals surface area contributed by atoms with Crippen LogP contribution < -0.4 is 4.74 Å². The lowest BCUT2D eigenvalue weighted by molar-refractivity contribution is 0.0474. The summed E-state index contributed by atoms with van der Waals surface area (Å²) >= 11 is 0. The van der Waals surface area contributed by atoms with Gasteiger partial charge in [-0.15, -0.1) is 0 Å². The molecule has 8 heteroatoms. The number of nitrogens with zero attached hydrogens (tertiary/aromatic N) is 1. The van der Waals surface area contributed by atoms with Gasteiger partial charge in [0.15, 0.2) is 12.4 Å². The number of ketones is 1. The molecule has 0 aromatic heterocycles. The standard InChI is InChI=1S/C22H25NO6S/c1-15-6-7-17(12-16(15)2)19(24)14-29-22(25)18-8-9-20(28-3)21(13-18)30(26,27)23-10-4-5-11-23/h6-9,12-13H,4-5,10-11,14H2,1-3H3. The van der Waals surface area contributed by atoms with Crippen molar-refractivity contribution in [1.29, 1.82) is 0 Å². The van der Waals surface area contributed by atoms with E-state index in [2.05, 4.69) is 0 Å². The Kier molecular flexibility index (Phi) is 6.58. The molecule has 30 heavy (non-hydrogen) atoms. The summed E-state index contributed by atoms with van der Waals surface area (Å²) in [6.45, 7) is 4.29. The summed E-state index contributed by atoms with van der Waals surface area (Å²) in [4.78, 5) is 24.7. The zero-order chi connectivity index (χ0) is 21.9. The number of sulfonamides is 1. The zero-order valence-corrected chi connectivity index (χ0v) is 18.1. The van der Waals surface area contributed by atoms with Crippen LogP contribution in [0.2, 0.25) is 0 Å². The number of methoxy groups -OCH3 is 1. The summed E-state index contributed by atoms with van der Waals surface area (Å²) in [7, 11) is -2.41. The van der Waals surface area contributed by atoms with Crippen LogP contribution in [0.4, 0.5) is 0 Å². The Bertz CT molecular complexity index is 1070. The second-order valence-electron chi connectivity index (χ2n) is 7.28. The van der Waals surface area contributed by atoms with Crippen LogP contribution in [0.15, 0.2) is 41.3 Å². The van der Waals surface area contributed by atoms with Gasteiger partial charge in [-0.1, -0.05) is 12.1 Å². The summed E-state index contributed by atoms with van der Waals surface area (Å²) in [5.74, 6) is -0.942. The molecule has 2 aromatic carbocycles. The first kappa shape index (κ1) is 22.0. The molecule has 1 fully saturated rings. The van der Waals surface area contributed by atoms with Gasteiger partial charge in [0.25, 0.3) is 0 Å². The molecule has 1 aliphatic heterocycles. The average molecular weight is 432 g/mol. The van der Waals surface area contributed by atoms with E-state index in [4.69, 9.17) is 9.47 Å². The van der Waals surface area contributed by atoms with Gasteiger partial charge in [-0.25, -0.2) is 13.2 Å². The van der Waals surface area contributed by atoms with E-state index in [1.165, 1.54) is 29.6 Å². The van der Waals surface area contributed by atoms with Crippen molar-refractivity contribution in [2.45, 2.75) is 31.6 Å². The first-order valence-corrected chi connectivity index (χ1v) is 11.1. The van der Waals surface area contributed by atoms with Gasteiger partial charge in [0.1, 0.15) is 10.6 Å². The van der Waals surface area contributed by atoms with Gasteiger partial charge in [-0.3, -0.25) is 4.79 Å². The molecular weight excluding hydrogens is 406 g/mol. The second kappa shape index (κ2) is 8.97. The molecule has 3 rings (SSSR count). The fourth-order valence-electron chi connectivity index (χ4n) is 3.29. The smallest absolute Gasteiger partial charge is 0.338 e. The Morgan fingerprint density at radius 2 is 1.63 bits per heavy atom. The number of rotatable bonds is 7. The van der Waals surface area contributed by atoms with Gasteiger partial charge in [-0.05, 0) is 62.1 Å². The molecule has 2 aromatic rings. The van der Waals surface area contributed by atoms with Crippen LogP contribution in [0, 0.1) is 13.8 Å². The molecule has 1 heterocycles. The third-order valence-electron chi connectivity index (χ3n) is 5.25. The van der Waals surface area contributed by atoms with E-state index in [0.717, 1.165) is 24.0 Å². The van der Waals surface area contributed by atoms with Crippen LogP contribution in [-0.2, 0) is 14.8 Å². The summed E-state index contributed by atoms with van der Waals surface area (Å²) in [6.07, 6.45) is 1.59. The minimum atomic E-state index is -3.79. The highest BCUT2D eigenvalue weighted by Gasteiger charge is 2.31. The number of ether oxygens (including phenoxy) is 2. The van der Waals surface area contributed by atoms with Crippen LogP contribution in [-0.4, -0.2) is 51.3 Å². The van der Waals surface area contributed by atoms with Gasteiger partial charge >= 0.3 is 5.97 Å². The van der Waals surface area contributed by atoms with Crippen LogP contribution in [0.1, 0.15) is 44.7 Å². The molecule has 0 N–H and O–H groups in total. The minimum absolute atomic E-state index is 0.0430. The van der Waals surface area contributed by atoms with Gasteiger partial charge in [0.2, 0.25) is 10.0 Å². The number of carbonyl (C=O) groups excluding carboxylic acids is 2. The van der Waals surface area contributed by atoms with Crippen LogP contribution in [0.3, 0.4) is 0 Å². The molecule has 0 unspecified atom stereocenters. The largest absolute Gasteiger partial charge is 0.495 e. The van der Waals surface area contributed by atoms with Crippen LogP contribution >= 0.6 is 0 Å². The highest BCUT2D eigenvalue weighted by molar-refractivity contribution is 7.89. The van der Waals surface area contributed by atoms with Gasteiger partial charge in [0, 0.05) is 18.7 Å². The van der Waals surface area contributed by atoms with E-state index in [-0.39, 0.29) is 22.0 Å². The third-order valence-corrected chi connectivity index (χ3v) is 7.17. The van der Waals surface area contributed by atoms with Crippen molar-refractivity contribution in [3.8, 4) is 5.75 Å². The minimum Gasteiger partial charge on any atom is -0.495 e. The highest BCUT2D eigenvalue weighted by Crippen LogP contribution is 2.30. The van der Waals surface area contributed by atoms with Crippen molar-refractivity contribution in [3.63, 3.8) is 0 Å². The number of esters is 1.